The van der Waals surface area contributed by atoms with Crippen molar-refractivity contribution in [3.05, 3.63) is 0 Å². The number of carbonyl (C=O) groups is 1. The molecule has 0 saturated heterocycles. The van der Waals surface area contributed by atoms with Crippen LogP contribution in [-0.2, 0) is 14.3 Å². The molecule has 0 aromatic rings. The number of hydrogen-bond donors (Lipinski definition) is 0. The molecule has 3 nitrogen and oxygen atoms in total. The molecular formula is C15H24O3. The van der Waals surface area contributed by atoms with Crippen molar-refractivity contribution in [1.29, 1.82) is 0 Å². The van der Waals surface area contributed by atoms with Gasteiger partial charge in [0.25, 0.3) is 0 Å². The summed E-state index contributed by atoms with van der Waals surface area (Å²) in [5, 5.41) is 0. The average molecular weight is 252 g/mol. The van der Waals surface area contributed by atoms with Gasteiger partial charge in [-0.05, 0) is 43.4 Å². The lowest BCUT2D eigenvalue weighted by atomic mass is 9.52. The summed E-state index contributed by atoms with van der Waals surface area (Å²) < 4.78 is 11.0. The SMILES string of the molecule is CC1(C)C2CC2C1(C)C(=O)OCOC1CCCC1. The molecule has 3 aliphatic rings. The number of ether oxygens (including phenoxy) is 2. The average Bonchev–Trinajstić information content (AvgIpc) is 2.96. The highest BCUT2D eigenvalue weighted by atomic mass is 16.7. The monoisotopic (exact) mass is 252 g/mol. The lowest BCUT2D eigenvalue weighted by molar-refractivity contribution is -0.192. The van der Waals surface area contributed by atoms with E-state index >= 15 is 0 Å². The van der Waals surface area contributed by atoms with E-state index in [1.807, 2.05) is 0 Å². The zero-order valence-electron chi connectivity index (χ0n) is 11.7. The summed E-state index contributed by atoms with van der Waals surface area (Å²) in [4.78, 5) is 12.3. The summed E-state index contributed by atoms with van der Waals surface area (Å²) in [5.41, 5.74) is -0.182. The second-order valence-corrected chi connectivity index (χ2v) is 7.00. The summed E-state index contributed by atoms with van der Waals surface area (Å²) in [6.45, 7) is 6.60. The summed E-state index contributed by atoms with van der Waals surface area (Å²) in [7, 11) is 0. The molecule has 0 aliphatic heterocycles. The van der Waals surface area contributed by atoms with Gasteiger partial charge in [0, 0.05) is 0 Å². The Morgan fingerprint density at radius 2 is 1.83 bits per heavy atom. The molecule has 3 unspecified atom stereocenters. The molecule has 3 saturated carbocycles. The first kappa shape index (κ1) is 12.5. The molecule has 0 aromatic heterocycles. The molecule has 18 heavy (non-hydrogen) atoms. The quantitative estimate of drug-likeness (QED) is 0.569. The third-order valence-corrected chi connectivity index (χ3v) is 6.02. The fraction of sp³-hybridized carbons (Fsp3) is 0.933. The first-order valence-electron chi connectivity index (χ1n) is 7.26. The fourth-order valence-electron chi connectivity index (χ4n) is 4.20. The van der Waals surface area contributed by atoms with Gasteiger partial charge >= 0.3 is 5.97 Å². The minimum Gasteiger partial charge on any atom is -0.438 e. The Bertz CT molecular complexity index is 357. The summed E-state index contributed by atoms with van der Waals surface area (Å²) in [5.74, 6) is 1.25. The maximum absolute atomic E-state index is 12.3. The van der Waals surface area contributed by atoms with Crippen molar-refractivity contribution >= 4 is 5.97 Å². The third-order valence-electron chi connectivity index (χ3n) is 6.02. The molecule has 0 heterocycles. The molecule has 3 aliphatic carbocycles. The Hall–Kier alpha value is -0.570. The molecule has 3 rings (SSSR count). The smallest absolute Gasteiger partial charge is 0.314 e. The minimum absolute atomic E-state index is 0.0516. The molecule has 0 radical (unpaired) electrons. The van der Waals surface area contributed by atoms with Crippen molar-refractivity contribution in [2.45, 2.75) is 59.0 Å². The van der Waals surface area contributed by atoms with Gasteiger partial charge in [0.1, 0.15) is 0 Å². The van der Waals surface area contributed by atoms with Gasteiger partial charge in [-0.3, -0.25) is 4.79 Å². The first-order chi connectivity index (χ1) is 8.48. The predicted octanol–water partition coefficient (Wildman–Crippen LogP) is 3.13. The van der Waals surface area contributed by atoms with Crippen LogP contribution in [0.1, 0.15) is 52.9 Å². The van der Waals surface area contributed by atoms with E-state index in [9.17, 15) is 4.79 Å². The van der Waals surface area contributed by atoms with Gasteiger partial charge in [-0.2, -0.15) is 0 Å². The molecule has 102 valence electrons. The van der Waals surface area contributed by atoms with Gasteiger partial charge in [0.05, 0.1) is 11.5 Å². The minimum atomic E-state index is -0.281. The number of hydrogen-bond acceptors (Lipinski definition) is 3. The molecule has 0 bridgehead atoms. The largest absolute Gasteiger partial charge is 0.438 e. The van der Waals surface area contributed by atoms with E-state index in [4.69, 9.17) is 9.47 Å². The number of rotatable bonds is 4. The second-order valence-electron chi connectivity index (χ2n) is 7.00. The van der Waals surface area contributed by atoms with Crippen LogP contribution in [0.5, 0.6) is 0 Å². The van der Waals surface area contributed by atoms with E-state index in [1.54, 1.807) is 0 Å². The predicted molar refractivity (Wildman–Crippen MR) is 67.8 cm³/mol. The molecule has 0 aromatic carbocycles. The van der Waals surface area contributed by atoms with Crippen LogP contribution < -0.4 is 0 Å². The van der Waals surface area contributed by atoms with Gasteiger partial charge in [-0.15, -0.1) is 0 Å². The zero-order chi connectivity index (χ0) is 13.0. The fourth-order valence-corrected chi connectivity index (χ4v) is 4.20. The van der Waals surface area contributed by atoms with Crippen molar-refractivity contribution in [1.82, 2.24) is 0 Å². The van der Waals surface area contributed by atoms with Gasteiger partial charge in [0.15, 0.2) is 6.79 Å². The Kier molecular flexibility index (Phi) is 2.74. The van der Waals surface area contributed by atoms with Gasteiger partial charge in [-0.25, -0.2) is 0 Å². The topological polar surface area (TPSA) is 35.5 Å². The van der Waals surface area contributed by atoms with Crippen LogP contribution in [0.2, 0.25) is 0 Å². The lowest BCUT2D eigenvalue weighted by Crippen LogP contribution is -2.54. The van der Waals surface area contributed by atoms with Gasteiger partial charge < -0.3 is 9.47 Å². The molecule has 3 atom stereocenters. The number of fused-ring (bicyclic) bond motifs is 1. The van der Waals surface area contributed by atoms with Crippen molar-refractivity contribution < 1.29 is 14.3 Å². The summed E-state index contributed by atoms with van der Waals surface area (Å²) in [6, 6.07) is 0. The van der Waals surface area contributed by atoms with Crippen molar-refractivity contribution in [3.8, 4) is 0 Å². The molecule has 3 fully saturated rings. The van der Waals surface area contributed by atoms with E-state index in [-0.39, 0.29) is 23.6 Å². The number of carbonyl (C=O) groups excluding carboxylic acids is 1. The van der Waals surface area contributed by atoms with Crippen LogP contribution in [-0.4, -0.2) is 18.9 Å². The van der Waals surface area contributed by atoms with E-state index < -0.39 is 0 Å². The van der Waals surface area contributed by atoms with Crippen LogP contribution in [0.4, 0.5) is 0 Å². The van der Waals surface area contributed by atoms with E-state index in [0.29, 0.717) is 12.0 Å². The molecule has 3 heteroatoms. The first-order valence-corrected chi connectivity index (χ1v) is 7.26. The molecular weight excluding hydrogens is 228 g/mol. The van der Waals surface area contributed by atoms with Crippen molar-refractivity contribution in [3.63, 3.8) is 0 Å². The lowest BCUT2D eigenvalue weighted by Gasteiger charge is -2.51. The van der Waals surface area contributed by atoms with Gasteiger partial charge in [0.2, 0.25) is 0 Å². The maximum atomic E-state index is 12.3. The Balaban J connectivity index is 1.49. The molecule has 0 amide bonds. The van der Waals surface area contributed by atoms with Crippen LogP contribution in [0.15, 0.2) is 0 Å². The molecule has 0 N–H and O–H groups in total. The standard InChI is InChI=1S/C15H24O3/c1-14(2)11-8-12(11)15(14,3)13(16)18-9-17-10-6-4-5-7-10/h10-12H,4-9H2,1-3H3. The zero-order valence-corrected chi connectivity index (χ0v) is 11.7. The maximum Gasteiger partial charge on any atom is 0.314 e. The summed E-state index contributed by atoms with van der Waals surface area (Å²) in [6.07, 6.45) is 6.23. The second kappa shape index (κ2) is 3.96. The Morgan fingerprint density at radius 3 is 2.39 bits per heavy atom. The normalized spacial score (nSPS) is 41.1. The van der Waals surface area contributed by atoms with E-state index in [0.717, 1.165) is 18.8 Å². The Morgan fingerprint density at radius 1 is 1.17 bits per heavy atom. The third kappa shape index (κ3) is 1.56. The van der Waals surface area contributed by atoms with E-state index in [1.165, 1.54) is 19.3 Å². The van der Waals surface area contributed by atoms with Crippen LogP contribution in [0.3, 0.4) is 0 Å². The Labute approximate surface area is 109 Å². The van der Waals surface area contributed by atoms with Crippen molar-refractivity contribution in [2.75, 3.05) is 6.79 Å². The number of esters is 1. The summed E-state index contributed by atoms with van der Waals surface area (Å²) >= 11 is 0. The molecule has 0 spiro atoms. The van der Waals surface area contributed by atoms with Crippen molar-refractivity contribution in [2.24, 2.45) is 22.7 Å². The van der Waals surface area contributed by atoms with Crippen LogP contribution >= 0.6 is 0 Å². The highest BCUT2D eigenvalue weighted by Gasteiger charge is 2.77. The van der Waals surface area contributed by atoms with Gasteiger partial charge in [-0.1, -0.05) is 26.7 Å². The highest BCUT2D eigenvalue weighted by Crippen LogP contribution is 2.77. The van der Waals surface area contributed by atoms with Crippen LogP contribution in [0.25, 0.3) is 0 Å². The van der Waals surface area contributed by atoms with Crippen LogP contribution in [0, 0.1) is 22.7 Å². The van der Waals surface area contributed by atoms with E-state index in [2.05, 4.69) is 20.8 Å². The highest BCUT2D eigenvalue weighted by molar-refractivity contribution is 5.80.